The van der Waals surface area contributed by atoms with E-state index in [0.717, 1.165) is 0 Å². The first kappa shape index (κ1) is 14.9. The summed E-state index contributed by atoms with van der Waals surface area (Å²) in [6.45, 7) is 1.79. The molecule has 0 aromatic carbocycles. The van der Waals surface area contributed by atoms with E-state index >= 15 is 0 Å². The highest BCUT2D eigenvalue weighted by Gasteiger charge is 2.55. The van der Waals surface area contributed by atoms with Crippen LogP contribution in [0, 0.1) is 0 Å². The normalized spacial score (nSPS) is 12.2. The van der Waals surface area contributed by atoms with Crippen LogP contribution in [0.1, 0.15) is 13.8 Å². The molecule has 0 aliphatic carbocycles. The molecule has 0 unspecified atom stereocenters. The zero-order valence-electron chi connectivity index (χ0n) is 8.50. The van der Waals surface area contributed by atoms with E-state index in [1.54, 1.807) is 0 Å². The van der Waals surface area contributed by atoms with Crippen LogP contribution in [-0.2, 0) is 9.47 Å². The first-order chi connectivity index (χ1) is 7.14. The number of hydrogen-bond acceptors (Lipinski definition) is 2. The van der Waals surface area contributed by atoms with Crippen molar-refractivity contribution in [3.8, 4) is 0 Å². The SMILES string of the molecule is CCOC(OCC)=C(C(F)(F)F)C(F)(F)F. The van der Waals surface area contributed by atoms with Crippen molar-refractivity contribution in [3.05, 3.63) is 11.5 Å². The van der Waals surface area contributed by atoms with Crippen LogP contribution in [0.4, 0.5) is 26.3 Å². The zero-order chi connectivity index (χ0) is 13.0. The molecule has 0 rings (SSSR count). The van der Waals surface area contributed by atoms with Gasteiger partial charge < -0.3 is 9.47 Å². The van der Waals surface area contributed by atoms with Crippen LogP contribution >= 0.6 is 0 Å². The van der Waals surface area contributed by atoms with E-state index in [2.05, 4.69) is 9.47 Å². The number of hydrogen-bond donors (Lipinski definition) is 0. The number of allylic oxidation sites excluding steroid dienone is 1. The summed E-state index contributed by atoms with van der Waals surface area (Å²) < 4.78 is 81.5. The van der Waals surface area contributed by atoms with Gasteiger partial charge in [0.2, 0.25) is 5.57 Å². The quantitative estimate of drug-likeness (QED) is 0.564. The van der Waals surface area contributed by atoms with Crippen LogP contribution in [-0.4, -0.2) is 25.6 Å². The second kappa shape index (κ2) is 5.31. The van der Waals surface area contributed by atoms with Gasteiger partial charge in [0.05, 0.1) is 13.2 Å². The standard InChI is InChI=1S/C8H10F6O2/c1-3-15-6(16-4-2)5(7(9,10)11)8(12,13)14/h3-4H2,1-2H3. The van der Waals surface area contributed by atoms with Gasteiger partial charge in [-0.3, -0.25) is 0 Å². The lowest BCUT2D eigenvalue weighted by Gasteiger charge is -2.19. The van der Waals surface area contributed by atoms with Crippen LogP contribution in [0.2, 0.25) is 0 Å². The minimum Gasteiger partial charge on any atom is -0.465 e. The molecule has 0 aromatic rings. The maximum absolute atomic E-state index is 12.2. The highest BCUT2D eigenvalue weighted by molar-refractivity contribution is 5.16. The average molecular weight is 252 g/mol. The summed E-state index contributed by atoms with van der Waals surface area (Å²) >= 11 is 0. The van der Waals surface area contributed by atoms with Crippen molar-refractivity contribution in [2.24, 2.45) is 0 Å². The van der Waals surface area contributed by atoms with Crippen molar-refractivity contribution in [1.29, 1.82) is 0 Å². The molecule has 0 amide bonds. The van der Waals surface area contributed by atoms with Crippen LogP contribution in [0.5, 0.6) is 0 Å². The number of halogens is 6. The maximum atomic E-state index is 12.2. The van der Waals surface area contributed by atoms with Crippen LogP contribution < -0.4 is 0 Å². The Kier molecular flexibility index (Phi) is 4.95. The Morgan fingerprint density at radius 3 is 1.31 bits per heavy atom. The summed E-state index contributed by atoms with van der Waals surface area (Å²) in [5, 5.41) is 0. The second-order valence-corrected chi connectivity index (χ2v) is 2.52. The molecular weight excluding hydrogens is 242 g/mol. The van der Waals surface area contributed by atoms with Crippen molar-refractivity contribution < 1.29 is 35.8 Å². The molecule has 0 N–H and O–H groups in total. The summed E-state index contributed by atoms with van der Waals surface area (Å²) in [6, 6.07) is 0. The van der Waals surface area contributed by atoms with Crippen molar-refractivity contribution >= 4 is 0 Å². The molecule has 0 saturated carbocycles. The predicted octanol–water partition coefficient (Wildman–Crippen LogP) is 3.40. The molecule has 0 atom stereocenters. The Morgan fingerprint density at radius 2 is 1.12 bits per heavy atom. The Bertz CT molecular complexity index is 228. The third-order valence-electron chi connectivity index (χ3n) is 1.32. The van der Waals surface area contributed by atoms with E-state index in [-0.39, 0.29) is 13.2 Å². The molecule has 8 heteroatoms. The molecule has 0 aromatic heterocycles. The summed E-state index contributed by atoms with van der Waals surface area (Å²) in [7, 11) is 0. The third-order valence-corrected chi connectivity index (χ3v) is 1.32. The van der Waals surface area contributed by atoms with Gasteiger partial charge in [0.25, 0.3) is 5.95 Å². The Morgan fingerprint density at radius 1 is 0.812 bits per heavy atom. The van der Waals surface area contributed by atoms with Crippen molar-refractivity contribution in [1.82, 2.24) is 0 Å². The fourth-order valence-electron chi connectivity index (χ4n) is 0.840. The van der Waals surface area contributed by atoms with Gasteiger partial charge in [-0.1, -0.05) is 0 Å². The van der Waals surface area contributed by atoms with Crippen LogP contribution in [0.25, 0.3) is 0 Å². The van der Waals surface area contributed by atoms with Gasteiger partial charge in [0, 0.05) is 0 Å². The molecule has 0 spiro atoms. The number of rotatable bonds is 4. The lowest BCUT2D eigenvalue weighted by molar-refractivity contribution is -0.183. The van der Waals surface area contributed by atoms with Gasteiger partial charge in [-0.2, -0.15) is 26.3 Å². The van der Waals surface area contributed by atoms with Gasteiger partial charge in [-0.25, -0.2) is 0 Å². The zero-order valence-corrected chi connectivity index (χ0v) is 8.50. The molecule has 16 heavy (non-hydrogen) atoms. The largest absolute Gasteiger partial charge is 0.465 e. The maximum Gasteiger partial charge on any atom is 0.428 e. The van der Waals surface area contributed by atoms with E-state index in [1.807, 2.05) is 0 Å². The van der Waals surface area contributed by atoms with Gasteiger partial charge in [0.1, 0.15) is 0 Å². The van der Waals surface area contributed by atoms with Crippen molar-refractivity contribution in [2.75, 3.05) is 13.2 Å². The molecule has 0 bridgehead atoms. The first-order valence-corrected chi connectivity index (χ1v) is 4.28. The lowest BCUT2D eigenvalue weighted by atomic mass is 10.2. The predicted molar refractivity (Wildman–Crippen MR) is 42.4 cm³/mol. The highest BCUT2D eigenvalue weighted by Crippen LogP contribution is 2.41. The Balaban J connectivity index is 5.46. The number of ether oxygens (including phenoxy) is 2. The molecule has 0 aliphatic heterocycles. The van der Waals surface area contributed by atoms with Gasteiger partial charge in [-0.15, -0.1) is 0 Å². The second-order valence-electron chi connectivity index (χ2n) is 2.52. The fourth-order valence-corrected chi connectivity index (χ4v) is 0.840. The van der Waals surface area contributed by atoms with Crippen LogP contribution in [0.3, 0.4) is 0 Å². The van der Waals surface area contributed by atoms with Gasteiger partial charge >= 0.3 is 12.4 Å². The molecule has 0 aliphatic rings. The topological polar surface area (TPSA) is 18.5 Å². The Labute approximate surface area is 87.8 Å². The van der Waals surface area contributed by atoms with E-state index in [9.17, 15) is 26.3 Å². The fraction of sp³-hybridized carbons (Fsp3) is 0.750. The molecular formula is C8H10F6O2. The average Bonchev–Trinajstić information content (AvgIpc) is 1.99. The minimum absolute atomic E-state index is 0.356. The third kappa shape index (κ3) is 4.19. The summed E-state index contributed by atoms with van der Waals surface area (Å²) in [5.41, 5.74) is -2.76. The Hall–Kier alpha value is -1.08. The smallest absolute Gasteiger partial charge is 0.428 e. The molecule has 0 heterocycles. The lowest BCUT2D eigenvalue weighted by Crippen LogP contribution is -2.29. The minimum atomic E-state index is -5.57. The summed E-state index contributed by atoms with van der Waals surface area (Å²) in [6.07, 6.45) is -11.1. The number of alkyl halides is 6. The molecule has 0 radical (unpaired) electrons. The van der Waals surface area contributed by atoms with E-state index in [1.165, 1.54) is 13.8 Å². The first-order valence-electron chi connectivity index (χ1n) is 4.28. The molecule has 2 nitrogen and oxygen atoms in total. The van der Waals surface area contributed by atoms with Gasteiger partial charge in [0.15, 0.2) is 0 Å². The summed E-state index contributed by atoms with van der Waals surface area (Å²) in [5.74, 6) is -1.54. The van der Waals surface area contributed by atoms with Crippen LogP contribution in [0.15, 0.2) is 11.5 Å². The van der Waals surface area contributed by atoms with Gasteiger partial charge in [-0.05, 0) is 13.8 Å². The molecule has 0 fully saturated rings. The van der Waals surface area contributed by atoms with E-state index < -0.39 is 23.9 Å². The molecule has 96 valence electrons. The van der Waals surface area contributed by atoms with Crippen molar-refractivity contribution in [2.45, 2.75) is 26.2 Å². The van der Waals surface area contributed by atoms with Crippen molar-refractivity contribution in [3.63, 3.8) is 0 Å². The monoisotopic (exact) mass is 252 g/mol. The molecule has 0 saturated heterocycles. The van der Waals surface area contributed by atoms with E-state index in [0.29, 0.717) is 0 Å². The summed E-state index contributed by atoms with van der Waals surface area (Å²) in [4.78, 5) is 0. The highest BCUT2D eigenvalue weighted by atomic mass is 19.4. The van der Waals surface area contributed by atoms with E-state index in [4.69, 9.17) is 0 Å².